The zero-order valence-corrected chi connectivity index (χ0v) is 14.0. The van der Waals surface area contributed by atoms with Crippen molar-refractivity contribution in [3.63, 3.8) is 0 Å². The fraction of sp³-hybridized carbons (Fsp3) is 0.438. The summed E-state index contributed by atoms with van der Waals surface area (Å²) in [6, 6.07) is 3.88. The number of esters is 1. The fourth-order valence-corrected chi connectivity index (χ4v) is 1.71. The molecular weight excluding hydrogens is 319 g/mol. The Kier molecular flexibility index (Phi) is 6.69. The van der Waals surface area contributed by atoms with E-state index in [9.17, 15) is 18.8 Å². The van der Waals surface area contributed by atoms with Gasteiger partial charge in [-0.1, -0.05) is 12.1 Å². The standard InChI is InChI=1S/C16H21FN2O5/c1-16(2,3)24-15(22)19-13(10-5-7-11(17)8-6-10)14(21)18-9-12(20)23-4/h5-8,13H,9H2,1-4H3,(H,18,21)(H,19,22). The average molecular weight is 340 g/mol. The van der Waals surface area contributed by atoms with E-state index in [0.29, 0.717) is 5.56 Å². The van der Waals surface area contributed by atoms with Crippen molar-refractivity contribution in [3.8, 4) is 0 Å². The monoisotopic (exact) mass is 340 g/mol. The first-order valence-electron chi connectivity index (χ1n) is 7.22. The minimum atomic E-state index is -1.15. The molecule has 0 aliphatic carbocycles. The molecule has 1 aromatic rings. The minimum Gasteiger partial charge on any atom is -0.468 e. The van der Waals surface area contributed by atoms with Gasteiger partial charge in [0.05, 0.1) is 7.11 Å². The van der Waals surface area contributed by atoms with Crippen molar-refractivity contribution in [1.82, 2.24) is 10.6 Å². The lowest BCUT2D eigenvalue weighted by Gasteiger charge is -2.23. The van der Waals surface area contributed by atoms with Crippen molar-refractivity contribution in [1.29, 1.82) is 0 Å². The van der Waals surface area contributed by atoms with Gasteiger partial charge in [-0.05, 0) is 38.5 Å². The summed E-state index contributed by atoms with van der Waals surface area (Å²) in [6.07, 6.45) is -0.815. The van der Waals surface area contributed by atoms with Crippen molar-refractivity contribution in [2.45, 2.75) is 32.4 Å². The van der Waals surface area contributed by atoms with Gasteiger partial charge in [0.25, 0.3) is 0 Å². The van der Waals surface area contributed by atoms with Gasteiger partial charge in [-0.2, -0.15) is 0 Å². The van der Waals surface area contributed by atoms with Gasteiger partial charge < -0.3 is 20.1 Å². The topological polar surface area (TPSA) is 93.7 Å². The highest BCUT2D eigenvalue weighted by Gasteiger charge is 2.26. The number of hydrogen-bond donors (Lipinski definition) is 2. The fourth-order valence-electron chi connectivity index (χ4n) is 1.71. The van der Waals surface area contributed by atoms with Crippen molar-refractivity contribution >= 4 is 18.0 Å². The van der Waals surface area contributed by atoms with Crippen LogP contribution in [-0.4, -0.2) is 37.2 Å². The third kappa shape index (κ3) is 6.64. The second kappa shape index (κ2) is 8.28. The Morgan fingerprint density at radius 1 is 1.17 bits per heavy atom. The molecular formula is C16H21FN2O5. The second-order valence-corrected chi connectivity index (χ2v) is 5.92. The van der Waals surface area contributed by atoms with Crippen LogP contribution in [-0.2, 0) is 19.1 Å². The maximum Gasteiger partial charge on any atom is 0.408 e. The van der Waals surface area contributed by atoms with Crippen LogP contribution in [0.3, 0.4) is 0 Å². The molecule has 0 saturated carbocycles. The van der Waals surface area contributed by atoms with Crippen LogP contribution in [0.2, 0.25) is 0 Å². The Morgan fingerprint density at radius 2 is 1.75 bits per heavy atom. The third-order valence-electron chi connectivity index (χ3n) is 2.76. The van der Waals surface area contributed by atoms with E-state index in [1.165, 1.54) is 19.2 Å². The number of amides is 2. The van der Waals surface area contributed by atoms with Crippen LogP contribution in [0.15, 0.2) is 24.3 Å². The van der Waals surface area contributed by atoms with Crippen LogP contribution in [0.5, 0.6) is 0 Å². The van der Waals surface area contributed by atoms with E-state index in [-0.39, 0.29) is 6.54 Å². The second-order valence-electron chi connectivity index (χ2n) is 5.92. The summed E-state index contributed by atoms with van der Waals surface area (Å²) in [7, 11) is 1.19. The number of ether oxygens (including phenoxy) is 2. The summed E-state index contributed by atoms with van der Waals surface area (Å²) >= 11 is 0. The molecule has 0 spiro atoms. The van der Waals surface area contributed by atoms with E-state index in [1.807, 2.05) is 0 Å². The summed E-state index contributed by atoms with van der Waals surface area (Å²) in [5.41, 5.74) is -0.412. The molecule has 0 radical (unpaired) electrons. The lowest BCUT2D eigenvalue weighted by Crippen LogP contribution is -2.43. The van der Waals surface area contributed by atoms with Crippen molar-refractivity contribution in [3.05, 3.63) is 35.6 Å². The highest BCUT2D eigenvalue weighted by molar-refractivity contribution is 5.89. The summed E-state index contributed by atoms with van der Waals surface area (Å²) in [5, 5.41) is 4.74. The van der Waals surface area contributed by atoms with Gasteiger partial charge in [0, 0.05) is 0 Å². The molecule has 1 rings (SSSR count). The molecule has 0 aliphatic heterocycles. The Balaban J connectivity index is 2.90. The van der Waals surface area contributed by atoms with E-state index in [2.05, 4.69) is 15.4 Å². The summed E-state index contributed by atoms with van der Waals surface area (Å²) in [4.78, 5) is 35.3. The molecule has 1 atom stereocenters. The SMILES string of the molecule is COC(=O)CNC(=O)C(NC(=O)OC(C)(C)C)c1ccc(F)cc1. The number of nitrogens with one attached hydrogen (secondary N) is 2. The maximum atomic E-state index is 13.1. The molecule has 1 unspecified atom stereocenters. The normalized spacial score (nSPS) is 12.0. The van der Waals surface area contributed by atoms with Crippen LogP contribution < -0.4 is 10.6 Å². The molecule has 2 N–H and O–H groups in total. The van der Waals surface area contributed by atoms with Gasteiger partial charge in [-0.15, -0.1) is 0 Å². The summed E-state index contributed by atoms with van der Waals surface area (Å²) < 4.78 is 22.6. The average Bonchev–Trinajstić information content (AvgIpc) is 2.49. The Hall–Kier alpha value is -2.64. The number of methoxy groups -OCH3 is 1. The number of carbonyl (C=O) groups is 3. The Morgan fingerprint density at radius 3 is 2.25 bits per heavy atom. The molecule has 7 nitrogen and oxygen atoms in total. The first kappa shape index (κ1) is 19.4. The smallest absolute Gasteiger partial charge is 0.408 e. The number of halogens is 1. The first-order valence-corrected chi connectivity index (χ1v) is 7.22. The minimum absolute atomic E-state index is 0.338. The van der Waals surface area contributed by atoms with E-state index < -0.39 is 35.4 Å². The largest absolute Gasteiger partial charge is 0.468 e. The number of rotatable bonds is 5. The highest BCUT2D eigenvalue weighted by Crippen LogP contribution is 2.16. The number of carbonyl (C=O) groups excluding carboxylic acids is 3. The predicted molar refractivity (Wildman–Crippen MR) is 83.5 cm³/mol. The molecule has 8 heteroatoms. The zero-order valence-electron chi connectivity index (χ0n) is 14.0. The maximum absolute atomic E-state index is 13.1. The number of alkyl carbamates (subject to hydrolysis) is 1. The Bertz CT molecular complexity index is 595. The van der Waals surface area contributed by atoms with Crippen molar-refractivity contribution < 1.29 is 28.2 Å². The van der Waals surface area contributed by atoms with Crippen molar-refractivity contribution in [2.75, 3.05) is 13.7 Å². The van der Waals surface area contributed by atoms with Gasteiger partial charge in [0.1, 0.15) is 24.0 Å². The van der Waals surface area contributed by atoms with Gasteiger partial charge in [0.2, 0.25) is 5.91 Å². The Labute approximate surface area is 139 Å². The van der Waals surface area contributed by atoms with E-state index >= 15 is 0 Å². The van der Waals surface area contributed by atoms with E-state index in [1.54, 1.807) is 20.8 Å². The zero-order chi connectivity index (χ0) is 18.3. The number of benzene rings is 1. The molecule has 0 aliphatic rings. The van der Waals surface area contributed by atoms with Crippen LogP contribution in [0.25, 0.3) is 0 Å². The quantitative estimate of drug-likeness (QED) is 0.796. The van der Waals surface area contributed by atoms with Gasteiger partial charge in [-0.3, -0.25) is 9.59 Å². The molecule has 0 saturated heterocycles. The number of hydrogen-bond acceptors (Lipinski definition) is 5. The summed E-state index contributed by atoms with van der Waals surface area (Å²) in [6.45, 7) is 4.67. The van der Waals surface area contributed by atoms with Gasteiger partial charge in [0.15, 0.2) is 0 Å². The van der Waals surface area contributed by atoms with Crippen LogP contribution in [0, 0.1) is 5.82 Å². The van der Waals surface area contributed by atoms with E-state index in [4.69, 9.17) is 4.74 Å². The molecule has 0 heterocycles. The molecule has 2 amide bonds. The molecule has 0 fully saturated rings. The molecule has 0 bridgehead atoms. The lowest BCUT2D eigenvalue weighted by atomic mass is 10.1. The van der Waals surface area contributed by atoms with Crippen molar-refractivity contribution in [2.24, 2.45) is 0 Å². The molecule has 0 aromatic heterocycles. The molecule has 132 valence electrons. The summed E-state index contributed by atoms with van der Waals surface area (Å²) in [5.74, 6) is -1.78. The third-order valence-corrected chi connectivity index (χ3v) is 2.76. The predicted octanol–water partition coefficient (Wildman–Crippen LogP) is 1.68. The van der Waals surface area contributed by atoms with Crippen LogP contribution in [0.1, 0.15) is 32.4 Å². The van der Waals surface area contributed by atoms with Crippen LogP contribution >= 0.6 is 0 Å². The molecule has 1 aromatic carbocycles. The van der Waals surface area contributed by atoms with E-state index in [0.717, 1.165) is 12.1 Å². The van der Waals surface area contributed by atoms with Gasteiger partial charge >= 0.3 is 12.1 Å². The lowest BCUT2D eigenvalue weighted by molar-refractivity contribution is -0.141. The molecule has 24 heavy (non-hydrogen) atoms. The first-order chi connectivity index (χ1) is 11.1. The van der Waals surface area contributed by atoms with Crippen LogP contribution in [0.4, 0.5) is 9.18 Å². The highest BCUT2D eigenvalue weighted by atomic mass is 19.1. The van der Waals surface area contributed by atoms with Gasteiger partial charge in [-0.25, -0.2) is 9.18 Å².